The predicted molar refractivity (Wildman–Crippen MR) is 229 cm³/mol. The molecule has 11 rings (SSSR count). The molecule has 0 fully saturated rings. The maximum absolute atomic E-state index is 6.62. The van der Waals surface area contributed by atoms with Gasteiger partial charge in [0.15, 0.2) is 17.5 Å². The van der Waals surface area contributed by atoms with E-state index >= 15 is 0 Å². The fourth-order valence-electron chi connectivity index (χ4n) is 8.10. The van der Waals surface area contributed by atoms with Gasteiger partial charge in [0.1, 0.15) is 11.2 Å². The summed E-state index contributed by atoms with van der Waals surface area (Å²) in [5, 5.41) is 4.40. The molecule has 3 aromatic heterocycles. The van der Waals surface area contributed by atoms with Gasteiger partial charge in [-0.1, -0.05) is 146 Å². The first-order valence-corrected chi connectivity index (χ1v) is 18.8. The standard InChI is InChI=1S/C51H32N4O/c1-4-15-33(16-5-1)35-19-12-20-37(31-35)50-52-49(34-17-6-2-7-18-34)53-51(54-50)41-25-14-28-46-48(41)47-39(24-13-27-45(47)56-46)36-29-30-44-42(32-36)40-23-10-11-26-43(40)55(44)38-21-8-3-9-22-38/h1-32H. The van der Waals surface area contributed by atoms with Crippen LogP contribution in [0.4, 0.5) is 0 Å². The van der Waals surface area contributed by atoms with Crippen LogP contribution >= 0.6 is 0 Å². The lowest BCUT2D eigenvalue weighted by Gasteiger charge is -2.11. The molecule has 0 aliphatic carbocycles. The van der Waals surface area contributed by atoms with Gasteiger partial charge in [-0.2, -0.15) is 0 Å². The van der Waals surface area contributed by atoms with E-state index in [2.05, 4.69) is 144 Å². The van der Waals surface area contributed by atoms with E-state index in [0.29, 0.717) is 17.5 Å². The Kier molecular flexibility index (Phi) is 7.42. The lowest BCUT2D eigenvalue weighted by molar-refractivity contribution is 0.669. The van der Waals surface area contributed by atoms with Crippen molar-refractivity contribution in [2.45, 2.75) is 0 Å². The molecule has 56 heavy (non-hydrogen) atoms. The number of hydrogen-bond acceptors (Lipinski definition) is 4. The molecular formula is C51H32N4O. The van der Waals surface area contributed by atoms with Crippen molar-refractivity contribution in [1.82, 2.24) is 19.5 Å². The quantitative estimate of drug-likeness (QED) is 0.172. The van der Waals surface area contributed by atoms with Gasteiger partial charge in [0, 0.05) is 43.9 Å². The van der Waals surface area contributed by atoms with Gasteiger partial charge in [0.25, 0.3) is 0 Å². The fraction of sp³-hybridized carbons (Fsp3) is 0. The van der Waals surface area contributed by atoms with E-state index in [1.54, 1.807) is 0 Å². The van der Waals surface area contributed by atoms with Crippen molar-refractivity contribution in [2.75, 3.05) is 0 Å². The Hall–Kier alpha value is -7.63. The summed E-state index contributed by atoms with van der Waals surface area (Å²) in [6.45, 7) is 0. The highest BCUT2D eigenvalue weighted by Crippen LogP contribution is 2.43. The summed E-state index contributed by atoms with van der Waals surface area (Å²) >= 11 is 0. The van der Waals surface area contributed by atoms with Crippen molar-refractivity contribution in [3.05, 3.63) is 194 Å². The zero-order valence-electron chi connectivity index (χ0n) is 30.2. The van der Waals surface area contributed by atoms with E-state index < -0.39 is 0 Å². The predicted octanol–water partition coefficient (Wildman–Crippen LogP) is 13.2. The van der Waals surface area contributed by atoms with Gasteiger partial charge >= 0.3 is 0 Å². The number of nitrogens with zero attached hydrogens (tertiary/aromatic N) is 4. The Bertz CT molecular complexity index is 3240. The van der Waals surface area contributed by atoms with E-state index in [9.17, 15) is 0 Å². The number of aromatic nitrogens is 4. The van der Waals surface area contributed by atoms with Gasteiger partial charge < -0.3 is 8.98 Å². The third-order valence-corrected chi connectivity index (χ3v) is 10.7. The van der Waals surface area contributed by atoms with Crippen molar-refractivity contribution in [3.8, 4) is 62.1 Å². The van der Waals surface area contributed by atoms with Crippen molar-refractivity contribution in [3.63, 3.8) is 0 Å². The molecule has 0 atom stereocenters. The molecule has 0 N–H and O–H groups in total. The van der Waals surface area contributed by atoms with Crippen LogP contribution in [0.1, 0.15) is 0 Å². The lowest BCUT2D eigenvalue weighted by atomic mass is 9.96. The molecule has 0 unspecified atom stereocenters. The number of furan rings is 1. The smallest absolute Gasteiger partial charge is 0.164 e. The Morgan fingerprint density at radius 3 is 1.66 bits per heavy atom. The first-order valence-electron chi connectivity index (χ1n) is 18.8. The molecule has 5 nitrogen and oxygen atoms in total. The normalized spacial score (nSPS) is 11.6. The van der Waals surface area contributed by atoms with Gasteiger partial charge in [0.2, 0.25) is 0 Å². The molecule has 0 aliphatic rings. The van der Waals surface area contributed by atoms with Crippen molar-refractivity contribution >= 4 is 43.7 Å². The average Bonchev–Trinajstić information content (AvgIpc) is 3.83. The van der Waals surface area contributed by atoms with Crippen LogP contribution in [0.25, 0.3) is 106 Å². The highest BCUT2D eigenvalue weighted by atomic mass is 16.3. The Morgan fingerprint density at radius 1 is 0.339 bits per heavy atom. The summed E-state index contributed by atoms with van der Waals surface area (Å²) in [5.41, 5.74) is 12.2. The van der Waals surface area contributed by atoms with Gasteiger partial charge in [0.05, 0.1) is 11.0 Å². The molecule has 3 heterocycles. The van der Waals surface area contributed by atoms with Gasteiger partial charge in [-0.3, -0.25) is 0 Å². The highest BCUT2D eigenvalue weighted by molar-refractivity contribution is 6.18. The summed E-state index contributed by atoms with van der Waals surface area (Å²) in [5.74, 6) is 1.81. The number of hydrogen-bond donors (Lipinski definition) is 0. The maximum Gasteiger partial charge on any atom is 0.164 e. The number of benzene rings is 8. The average molecular weight is 717 g/mol. The summed E-state index contributed by atoms with van der Waals surface area (Å²) in [7, 11) is 0. The zero-order chi connectivity index (χ0) is 37.0. The Morgan fingerprint density at radius 2 is 0.893 bits per heavy atom. The summed E-state index contributed by atoms with van der Waals surface area (Å²) in [6, 6.07) is 67.4. The van der Waals surface area contributed by atoms with Crippen LogP contribution in [0.5, 0.6) is 0 Å². The number of fused-ring (bicyclic) bond motifs is 6. The van der Waals surface area contributed by atoms with E-state index in [1.165, 1.54) is 16.3 Å². The van der Waals surface area contributed by atoms with Crippen LogP contribution in [-0.4, -0.2) is 19.5 Å². The summed E-state index contributed by atoms with van der Waals surface area (Å²) in [4.78, 5) is 15.4. The van der Waals surface area contributed by atoms with Crippen LogP contribution in [0.15, 0.2) is 199 Å². The molecule has 0 saturated heterocycles. The fourth-order valence-corrected chi connectivity index (χ4v) is 8.10. The molecule has 0 amide bonds. The third-order valence-electron chi connectivity index (χ3n) is 10.7. The molecule has 262 valence electrons. The minimum atomic E-state index is 0.587. The summed E-state index contributed by atoms with van der Waals surface area (Å²) in [6.07, 6.45) is 0. The van der Waals surface area contributed by atoms with Crippen LogP contribution in [0.2, 0.25) is 0 Å². The molecule has 0 bridgehead atoms. The topological polar surface area (TPSA) is 56.7 Å². The van der Waals surface area contributed by atoms with Gasteiger partial charge in [-0.25, -0.2) is 15.0 Å². The van der Waals surface area contributed by atoms with Crippen molar-refractivity contribution < 1.29 is 4.42 Å². The van der Waals surface area contributed by atoms with Crippen LogP contribution < -0.4 is 0 Å². The van der Waals surface area contributed by atoms with E-state index in [1.807, 2.05) is 54.6 Å². The molecule has 11 aromatic rings. The number of rotatable bonds is 6. The first kappa shape index (κ1) is 31.9. The van der Waals surface area contributed by atoms with Gasteiger partial charge in [-0.05, 0) is 70.8 Å². The second-order valence-electron chi connectivity index (χ2n) is 14.0. The van der Waals surface area contributed by atoms with Crippen LogP contribution in [-0.2, 0) is 0 Å². The van der Waals surface area contributed by atoms with Crippen molar-refractivity contribution in [1.29, 1.82) is 0 Å². The molecule has 0 spiro atoms. The zero-order valence-corrected chi connectivity index (χ0v) is 30.2. The molecular weight excluding hydrogens is 685 g/mol. The van der Waals surface area contributed by atoms with Crippen molar-refractivity contribution in [2.24, 2.45) is 0 Å². The van der Waals surface area contributed by atoms with E-state index in [-0.39, 0.29) is 0 Å². The second kappa shape index (κ2) is 13.0. The monoisotopic (exact) mass is 716 g/mol. The first-order chi connectivity index (χ1) is 27.8. The summed E-state index contributed by atoms with van der Waals surface area (Å²) < 4.78 is 8.96. The molecule has 8 aromatic carbocycles. The molecule has 0 saturated carbocycles. The SMILES string of the molecule is c1ccc(-c2cccc(-c3nc(-c4ccccc4)nc(-c4cccc5oc6cccc(-c7ccc8c(c7)c7ccccc7n8-c7ccccc7)c6c45)n3)c2)cc1. The highest BCUT2D eigenvalue weighted by Gasteiger charge is 2.21. The van der Waals surface area contributed by atoms with Crippen LogP contribution in [0.3, 0.4) is 0 Å². The Labute approximate surface area is 322 Å². The van der Waals surface area contributed by atoms with Crippen LogP contribution in [0, 0.1) is 0 Å². The molecule has 0 aliphatic heterocycles. The van der Waals surface area contributed by atoms with E-state index in [0.717, 1.165) is 72.1 Å². The maximum atomic E-state index is 6.62. The minimum absolute atomic E-state index is 0.587. The molecule has 0 radical (unpaired) electrons. The minimum Gasteiger partial charge on any atom is -0.456 e. The molecule has 5 heteroatoms. The van der Waals surface area contributed by atoms with E-state index in [4.69, 9.17) is 19.4 Å². The Balaban J connectivity index is 1.13. The number of para-hydroxylation sites is 2. The van der Waals surface area contributed by atoms with Gasteiger partial charge in [-0.15, -0.1) is 0 Å². The lowest BCUT2D eigenvalue weighted by Crippen LogP contribution is -2.00. The second-order valence-corrected chi connectivity index (χ2v) is 14.0. The third kappa shape index (κ3) is 5.29. The largest absolute Gasteiger partial charge is 0.456 e.